The molecule has 132 valence electrons. The zero-order valence-electron chi connectivity index (χ0n) is 14.8. The van der Waals surface area contributed by atoms with E-state index in [9.17, 15) is 9.59 Å². The van der Waals surface area contributed by atoms with Crippen LogP contribution in [0.15, 0.2) is 24.3 Å². The summed E-state index contributed by atoms with van der Waals surface area (Å²) in [6, 6.07) is 7.63. The highest BCUT2D eigenvalue weighted by Crippen LogP contribution is 2.13. The Hall–Kier alpha value is -2.24. The van der Waals surface area contributed by atoms with Crippen molar-refractivity contribution < 1.29 is 14.3 Å². The normalized spacial score (nSPS) is 14.5. The molecule has 0 aromatic heterocycles. The third-order valence-electron chi connectivity index (χ3n) is 4.45. The lowest BCUT2D eigenvalue weighted by atomic mass is 10.1. The summed E-state index contributed by atoms with van der Waals surface area (Å²) in [5.41, 5.74) is 0.974. The van der Waals surface area contributed by atoms with Crippen LogP contribution in [0.1, 0.15) is 19.4 Å². The van der Waals surface area contributed by atoms with Crippen molar-refractivity contribution in [1.82, 2.24) is 14.7 Å². The Morgan fingerprint density at radius 3 is 2.04 bits per heavy atom. The van der Waals surface area contributed by atoms with Gasteiger partial charge in [-0.1, -0.05) is 12.1 Å². The van der Waals surface area contributed by atoms with Crippen LogP contribution in [-0.2, 0) is 11.2 Å². The molecule has 0 N–H and O–H groups in total. The van der Waals surface area contributed by atoms with Crippen LogP contribution in [0.2, 0.25) is 0 Å². The van der Waals surface area contributed by atoms with E-state index < -0.39 is 0 Å². The zero-order chi connectivity index (χ0) is 17.5. The molecule has 3 amide bonds. The molecule has 6 nitrogen and oxygen atoms in total. The molecule has 0 atom stereocenters. The molecule has 0 saturated carbocycles. The fraction of sp³-hybridized carbons (Fsp3) is 0.556. The van der Waals surface area contributed by atoms with Crippen LogP contribution in [0.5, 0.6) is 5.75 Å². The Bertz CT molecular complexity index is 547. The van der Waals surface area contributed by atoms with Crippen LogP contribution in [0.3, 0.4) is 0 Å². The van der Waals surface area contributed by atoms with E-state index in [2.05, 4.69) is 0 Å². The Labute approximate surface area is 144 Å². The second-order valence-corrected chi connectivity index (χ2v) is 5.85. The molecule has 0 aliphatic carbocycles. The van der Waals surface area contributed by atoms with E-state index in [1.54, 1.807) is 7.11 Å². The molecule has 1 aliphatic rings. The maximum atomic E-state index is 12.4. The molecule has 0 radical (unpaired) electrons. The van der Waals surface area contributed by atoms with Gasteiger partial charge in [0.2, 0.25) is 5.91 Å². The number of ether oxygens (including phenoxy) is 1. The second-order valence-electron chi connectivity index (χ2n) is 5.85. The lowest BCUT2D eigenvalue weighted by molar-refractivity contribution is -0.131. The lowest BCUT2D eigenvalue weighted by Crippen LogP contribution is -2.54. The van der Waals surface area contributed by atoms with Gasteiger partial charge in [0.15, 0.2) is 0 Å². The van der Waals surface area contributed by atoms with Gasteiger partial charge in [0, 0.05) is 39.3 Å². The first-order valence-corrected chi connectivity index (χ1v) is 8.53. The summed E-state index contributed by atoms with van der Waals surface area (Å²) in [6.07, 6.45) is 0.383. The van der Waals surface area contributed by atoms with Crippen molar-refractivity contribution in [2.45, 2.75) is 20.3 Å². The average Bonchev–Trinajstić information content (AvgIpc) is 2.63. The van der Waals surface area contributed by atoms with Crippen molar-refractivity contribution in [3.05, 3.63) is 29.8 Å². The molecular weight excluding hydrogens is 306 g/mol. The van der Waals surface area contributed by atoms with Crippen molar-refractivity contribution in [3.63, 3.8) is 0 Å². The van der Waals surface area contributed by atoms with E-state index in [4.69, 9.17) is 4.74 Å². The first kappa shape index (κ1) is 18.1. The smallest absolute Gasteiger partial charge is 0.320 e. The van der Waals surface area contributed by atoms with E-state index >= 15 is 0 Å². The van der Waals surface area contributed by atoms with Crippen molar-refractivity contribution in [2.75, 3.05) is 46.4 Å². The van der Waals surface area contributed by atoms with Gasteiger partial charge < -0.3 is 19.4 Å². The van der Waals surface area contributed by atoms with Crippen LogP contribution in [-0.4, -0.2) is 73.0 Å². The van der Waals surface area contributed by atoms with E-state index in [0.717, 1.165) is 11.3 Å². The van der Waals surface area contributed by atoms with Gasteiger partial charge in [-0.2, -0.15) is 0 Å². The molecule has 1 aromatic rings. The Balaban J connectivity index is 1.84. The topological polar surface area (TPSA) is 53.1 Å². The summed E-state index contributed by atoms with van der Waals surface area (Å²) in [5, 5.41) is 0. The molecule has 0 bridgehead atoms. The Kier molecular flexibility index (Phi) is 6.46. The minimum absolute atomic E-state index is 0.0715. The zero-order valence-corrected chi connectivity index (χ0v) is 14.8. The number of hydrogen-bond acceptors (Lipinski definition) is 3. The average molecular weight is 333 g/mol. The summed E-state index contributed by atoms with van der Waals surface area (Å²) in [6.45, 7) is 7.79. The van der Waals surface area contributed by atoms with Crippen LogP contribution >= 0.6 is 0 Å². The molecule has 24 heavy (non-hydrogen) atoms. The summed E-state index contributed by atoms with van der Waals surface area (Å²) in [5.74, 6) is 0.893. The predicted octanol–water partition coefficient (Wildman–Crippen LogP) is 1.84. The van der Waals surface area contributed by atoms with Crippen molar-refractivity contribution in [3.8, 4) is 5.75 Å². The Morgan fingerprint density at radius 1 is 1.00 bits per heavy atom. The molecule has 1 heterocycles. The minimum atomic E-state index is 0.0715. The van der Waals surface area contributed by atoms with Crippen LogP contribution in [0, 0.1) is 0 Å². The maximum Gasteiger partial charge on any atom is 0.320 e. The molecule has 1 saturated heterocycles. The van der Waals surface area contributed by atoms with Crippen LogP contribution in [0.25, 0.3) is 0 Å². The third kappa shape index (κ3) is 4.40. The molecule has 2 rings (SSSR count). The molecule has 1 aromatic carbocycles. The standard InChI is InChI=1S/C18H27N3O3/c1-4-19(5-2)18(23)21-12-10-20(11-13-21)17(22)14-15-6-8-16(24-3)9-7-15/h6-9H,4-5,10-14H2,1-3H3. The number of benzene rings is 1. The maximum absolute atomic E-state index is 12.4. The van der Waals surface area contributed by atoms with Gasteiger partial charge in [0.1, 0.15) is 5.75 Å². The van der Waals surface area contributed by atoms with Gasteiger partial charge in [-0.05, 0) is 31.5 Å². The lowest BCUT2D eigenvalue weighted by Gasteiger charge is -2.37. The fourth-order valence-corrected chi connectivity index (χ4v) is 2.87. The third-order valence-corrected chi connectivity index (χ3v) is 4.45. The van der Waals surface area contributed by atoms with Gasteiger partial charge in [-0.3, -0.25) is 4.79 Å². The van der Waals surface area contributed by atoms with Gasteiger partial charge in [0.05, 0.1) is 13.5 Å². The number of hydrogen-bond donors (Lipinski definition) is 0. The van der Waals surface area contributed by atoms with E-state index in [-0.39, 0.29) is 11.9 Å². The molecule has 6 heteroatoms. The highest BCUT2D eigenvalue weighted by atomic mass is 16.5. The number of carbonyl (C=O) groups excluding carboxylic acids is 2. The largest absolute Gasteiger partial charge is 0.497 e. The van der Waals surface area contributed by atoms with Crippen molar-refractivity contribution in [2.24, 2.45) is 0 Å². The quantitative estimate of drug-likeness (QED) is 0.826. The molecular formula is C18H27N3O3. The monoisotopic (exact) mass is 333 g/mol. The van der Waals surface area contributed by atoms with Crippen LogP contribution < -0.4 is 4.74 Å². The van der Waals surface area contributed by atoms with E-state index in [0.29, 0.717) is 45.7 Å². The molecule has 1 aliphatic heterocycles. The summed E-state index contributed by atoms with van der Waals surface area (Å²) in [7, 11) is 1.62. The highest BCUT2D eigenvalue weighted by molar-refractivity contribution is 5.79. The molecule has 1 fully saturated rings. The SMILES string of the molecule is CCN(CC)C(=O)N1CCN(C(=O)Cc2ccc(OC)cc2)CC1. The first-order valence-electron chi connectivity index (χ1n) is 8.53. The number of amides is 3. The number of urea groups is 1. The van der Waals surface area contributed by atoms with Crippen LogP contribution in [0.4, 0.5) is 4.79 Å². The summed E-state index contributed by atoms with van der Waals surface area (Å²) < 4.78 is 5.13. The number of rotatable bonds is 5. The predicted molar refractivity (Wildman–Crippen MR) is 93.2 cm³/mol. The van der Waals surface area contributed by atoms with Gasteiger partial charge in [-0.25, -0.2) is 4.79 Å². The van der Waals surface area contributed by atoms with Gasteiger partial charge in [0.25, 0.3) is 0 Å². The first-order chi connectivity index (χ1) is 11.6. The minimum Gasteiger partial charge on any atom is -0.497 e. The van der Waals surface area contributed by atoms with E-state index in [1.807, 2.05) is 52.8 Å². The molecule has 0 unspecified atom stereocenters. The number of piperazine rings is 1. The highest BCUT2D eigenvalue weighted by Gasteiger charge is 2.26. The Morgan fingerprint density at radius 2 is 1.54 bits per heavy atom. The van der Waals surface area contributed by atoms with Crippen molar-refractivity contribution in [1.29, 1.82) is 0 Å². The summed E-state index contributed by atoms with van der Waals surface area (Å²) >= 11 is 0. The van der Waals surface area contributed by atoms with Crippen molar-refractivity contribution >= 4 is 11.9 Å². The number of nitrogens with zero attached hydrogens (tertiary/aromatic N) is 3. The number of carbonyl (C=O) groups is 2. The van der Waals surface area contributed by atoms with Gasteiger partial charge >= 0.3 is 6.03 Å². The summed E-state index contributed by atoms with van der Waals surface area (Å²) in [4.78, 5) is 30.2. The molecule has 0 spiro atoms. The van der Waals surface area contributed by atoms with Gasteiger partial charge in [-0.15, -0.1) is 0 Å². The fourth-order valence-electron chi connectivity index (χ4n) is 2.87. The second kappa shape index (κ2) is 8.57. The number of methoxy groups -OCH3 is 1. The van der Waals surface area contributed by atoms with E-state index in [1.165, 1.54) is 0 Å².